The van der Waals surface area contributed by atoms with Crippen LogP contribution in [-0.2, 0) is 16.2 Å². The van der Waals surface area contributed by atoms with Crippen LogP contribution in [0.25, 0.3) is 61.0 Å². The number of aromatic nitrogens is 2. The normalized spacial score (nSPS) is 14.0. The molecular formula is C67H64N4O. The number of aryl methyl sites for hydroxylation is 1. The van der Waals surface area contributed by atoms with E-state index in [1.807, 2.05) is 43.3 Å². The Morgan fingerprint density at radius 2 is 1.12 bits per heavy atom. The number of pyridine rings is 1. The molecule has 0 spiro atoms. The molecule has 0 N–H and O–H groups in total. The Bertz CT molecular complexity index is 3910. The van der Waals surface area contributed by atoms with Gasteiger partial charge in [-0.25, -0.2) is 4.98 Å². The van der Waals surface area contributed by atoms with Gasteiger partial charge in [-0.3, -0.25) is 4.57 Å². The fourth-order valence-corrected chi connectivity index (χ4v) is 9.96. The lowest BCUT2D eigenvalue weighted by Crippen LogP contribution is -2.25. The van der Waals surface area contributed by atoms with Gasteiger partial charge in [-0.2, -0.15) is 0 Å². The van der Waals surface area contributed by atoms with Gasteiger partial charge in [-0.15, -0.1) is 0 Å². The first kappa shape index (κ1) is 40.8. The van der Waals surface area contributed by atoms with Crippen molar-refractivity contribution in [3.05, 3.63) is 216 Å². The molecule has 3 heterocycles. The molecule has 358 valence electrons. The zero-order valence-electron chi connectivity index (χ0n) is 48.0. The van der Waals surface area contributed by atoms with E-state index < -0.39 is 6.04 Å². The fraction of sp³-hybridized carbons (Fsp3) is 0.209. The molecule has 0 bridgehead atoms. The molecular weight excluding hydrogens is 877 g/mol. The van der Waals surface area contributed by atoms with Crippen molar-refractivity contribution in [2.24, 2.45) is 0 Å². The smallest absolute Gasteiger partial charge is 0.137 e. The number of anilines is 4. The second-order valence-corrected chi connectivity index (χ2v) is 22.4. The number of fused-ring (bicyclic) bond motifs is 4. The Labute approximate surface area is 433 Å². The lowest BCUT2D eigenvalue weighted by molar-refractivity contribution is 0.483. The average molecular weight is 946 g/mol. The van der Waals surface area contributed by atoms with Gasteiger partial charge in [0.1, 0.15) is 24.0 Å². The Balaban J connectivity index is 1.01. The molecule has 8 aromatic carbocycles. The molecule has 0 aliphatic carbocycles. The molecule has 0 saturated carbocycles. The van der Waals surface area contributed by atoms with E-state index in [4.69, 9.17) is 16.6 Å². The molecule has 0 unspecified atom stereocenters. The molecule has 0 fully saturated rings. The molecule has 0 atom stereocenters. The zero-order chi connectivity index (χ0) is 54.5. The van der Waals surface area contributed by atoms with Crippen molar-refractivity contribution in [1.82, 2.24) is 9.55 Å². The number of hydrogen-bond donors (Lipinski definition) is 0. The van der Waals surface area contributed by atoms with Crippen LogP contribution >= 0.6 is 0 Å². The van der Waals surface area contributed by atoms with Crippen LogP contribution in [0.3, 0.4) is 0 Å². The van der Waals surface area contributed by atoms with Crippen molar-refractivity contribution < 1.29 is 11.6 Å². The van der Waals surface area contributed by atoms with Crippen LogP contribution in [0.4, 0.5) is 22.7 Å². The molecule has 5 nitrogen and oxygen atoms in total. The minimum atomic E-state index is -0.427. The minimum absolute atomic E-state index is 0.00763. The number of rotatable bonds is 8. The van der Waals surface area contributed by atoms with Gasteiger partial charge in [0, 0.05) is 46.0 Å². The molecule has 0 amide bonds. The third kappa shape index (κ3) is 8.83. The zero-order valence-corrected chi connectivity index (χ0v) is 43.0. The highest BCUT2D eigenvalue weighted by Crippen LogP contribution is 2.48. The van der Waals surface area contributed by atoms with Crippen LogP contribution in [0.15, 0.2) is 194 Å². The second-order valence-electron chi connectivity index (χ2n) is 22.4. The van der Waals surface area contributed by atoms with Crippen molar-refractivity contribution in [2.45, 2.75) is 85.5 Å². The van der Waals surface area contributed by atoms with Crippen molar-refractivity contribution >= 4 is 44.6 Å². The standard InChI is InChI=1S/C67H64N4O/c1-44-33-64(68-42-59(44)46-21-15-12-16-22-46)71-60-31-27-48(45-19-13-11-14-20-45)35-58(60)57-30-29-56(41-62(57)71)72-55-26-18-25-53(40-55)69-43-70(54-38-51(66(5,6)7)37-52(39-54)67(8,9)10)61-32-28-49(36-63(61)69)47-23-17-24-50(34-47)65(2,3)4/h11-42H,43H2,1-10H3/i12D,15D,16D,21D,22D. The minimum Gasteiger partial charge on any atom is -0.457 e. The summed E-state index contributed by atoms with van der Waals surface area (Å²) in [5.41, 5.74) is 15.9. The first-order valence-corrected chi connectivity index (χ1v) is 25.0. The van der Waals surface area contributed by atoms with Crippen LogP contribution in [0.2, 0.25) is 0 Å². The Morgan fingerprint density at radius 3 is 1.85 bits per heavy atom. The number of benzene rings is 8. The summed E-state index contributed by atoms with van der Waals surface area (Å²) >= 11 is 0. The Morgan fingerprint density at radius 1 is 0.472 bits per heavy atom. The van der Waals surface area contributed by atoms with E-state index in [9.17, 15) is 0 Å². The van der Waals surface area contributed by atoms with E-state index >= 15 is 0 Å². The highest BCUT2D eigenvalue weighted by Gasteiger charge is 2.31. The third-order valence-electron chi connectivity index (χ3n) is 14.2. The van der Waals surface area contributed by atoms with E-state index in [0.29, 0.717) is 29.5 Å². The summed E-state index contributed by atoms with van der Waals surface area (Å²) in [7, 11) is 0. The lowest BCUT2D eigenvalue weighted by atomic mass is 9.80. The van der Waals surface area contributed by atoms with Crippen molar-refractivity contribution in [2.75, 3.05) is 16.5 Å². The van der Waals surface area contributed by atoms with Gasteiger partial charge in [-0.1, -0.05) is 171 Å². The van der Waals surface area contributed by atoms with Gasteiger partial charge < -0.3 is 14.5 Å². The number of nitrogens with zero attached hydrogens (tertiary/aromatic N) is 4. The Kier molecular flexibility index (Phi) is 10.1. The lowest BCUT2D eigenvalue weighted by Gasteiger charge is -2.29. The largest absolute Gasteiger partial charge is 0.457 e. The topological polar surface area (TPSA) is 33.5 Å². The first-order chi connectivity index (χ1) is 36.5. The van der Waals surface area contributed by atoms with E-state index in [1.54, 1.807) is 6.20 Å². The maximum absolute atomic E-state index is 8.71. The molecule has 0 radical (unpaired) electrons. The van der Waals surface area contributed by atoms with E-state index in [2.05, 4.69) is 198 Å². The predicted octanol–water partition coefficient (Wildman–Crippen LogP) is 18.4. The molecule has 11 rings (SSSR count). The van der Waals surface area contributed by atoms with Crippen LogP contribution in [-0.4, -0.2) is 16.2 Å². The summed E-state index contributed by atoms with van der Waals surface area (Å²) in [4.78, 5) is 9.81. The van der Waals surface area contributed by atoms with Crippen LogP contribution < -0.4 is 14.5 Å². The molecule has 10 aromatic rings. The first-order valence-electron chi connectivity index (χ1n) is 27.5. The van der Waals surface area contributed by atoms with Crippen LogP contribution in [0.5, 0.6) is 11.5 Å². The summed E-state index contributed by atoms with van der Waals surface area (Å²) in [6.07, 6.45) is 1.62. The highest BCUT2D eigenvalue weighted by atomic mass is 16.5. The molecule has 1 aliphatic heterocycles. The predicted molar refractivity (Wildman–Crippen MR) is 304 cm³/mol. The quantitative estimate of drug-likeness (QED) is 0.152. The average Bonchev–Trinajstić information content (AvgIpc) is 4.02. The number of hydrogen-bond acceptors (Lipinski definition) is 4. The van der Waals surface area contributed by atoms with Gasteiger partial charge in [-0.05, 0) is 140 Å². The maximum Gasteiger partial charge on any atom is 0.137 e. The van der Waals surface area contributed by atoms with Crippen molar-refractivity contribution in [3.63, 3.8) is 0 Å². The summed E-state index contributed by atoms with van der Waals surface area (Å²) < 4.78 is 51.3. The van der Waals surface area contributed by atoms with E-state index in [1.165, 1.54) is 22.3 Å². The van der Waals surface area contributed by atoms with Crippen LogP contribution in [0.1, 0.15) is 91.4 Å². The SMILES string of the molecule is [2H]c1c([2H])c([2H])c(-c2cnc(-n3c4ccc(-c5ccccc5)cc4c4ccc(Oc5cccc(N6CN(c7cc(C(C)(C)C)cc(C(C)(C)C)c7)c7ccc(-c8cccc(C(C)(C)C)c8)cc76)c5)cc43)cc2C)c([2H])c1[2H]. The summed E-state index contributed by atoms with van der Waals surface area (Å²) in [6.45, 7) is 23.0. The highest BCUT2D eigenvalue weighted by molar-refractivity contribution is 6.11. The van der Waals surface area contributed by atoms with Crippen molar-refractivity contribution in [1.29, 1.82) is 0 Å². The maximum atomic E-state index is 8.71. The molecule has 5 heteroatoms. The Hall–Kier alpha value is -7.89. The summed E-state index contributed by atoms with van der Waals surface area (Å²) in [5.74, 6) is 1.95. The van der Waals surface area contributed by atoms with E-state index in [0.717, 1.165) is 66.8 Å². The molecule has 72 heavy (non-hydrogen) atoms. The monoisotopic (exact) mass is 946 g/mol. The van der Waals surface area contributed by atoms with Gasteiger partial charge in [0.05, 0.1) is 29.3 Å². The van der Waals surface area contributed by atoms with Gasteiger partial charge >= 0.3 is 0 Å². The summed E-state index contributed by atoms with van der Waals surface area (Å²) in [6, 6.07) is 54.5. The third-order valence-corrected chi connectivity index (χ3v) is 14.2. The van der Waals surface area contributed by atoms with Gasteiger partial charge in [0.2, 0.25) is 0 Å². The van der Waals surface area contributed by atoms with Gasteiger partial charge in [0.25, 0.3) is 0 Å². The molecule has 1 aliphatic rings. The van der Waals surface area contributed by atoms with Gasteiger partial charge in [0.15, 0.2) is 0 Å². The fourth-order valence-electron chi connectivity index (χ4n) is 9.96. The molecule has 0 saturated heterocycles. The van der Waals surface area contributed by atoms with E-state index in [-0.39, 0.29) is 46.0 Å². The van der Waals surface area contributed by atoms with Crippen LogP contribution in [0, 0.1) is 6.92 Å². The second kappa shape index (κ2) is 17.8. The number of ether oxygens (including phenoxy) is 1. The van der Waals surface area contributed by atoms with Crippen molar-refractivity contribution in [3.8, 4) is 50.7 Å². The molecule has 2 aromatic heterocycles. The summed E-state index contributed by atoms with van der Waals surface area (Å²) in [5, 5.41) is 2.05.